The number of para-hydroxylation sites is 1. The average molecular weight is 398 g/mol. The van der Waals surface area contributed by atoms with E-state index in [1.165, 1.54) is 0 Å². The first-order valence-electron chi connectivity index (χ1n) is 10.1. The highest BCUT2D eigenvalue weighted by atomic mass is 16.5. The van der Waals surface area contributed by atoms with E-state index < -0.39 is 12.1 Å². The lowest BCUT2D eigenvalue weighted by Gasteiger charge is -2.24. The van der Waals surface area contributed by atoms with Crippen LogP contribution >= 0.6 is 0 Å². The number of anilines is 1. The van der Waals surface area contributed by atoms with Crippen LogP contribution in [0.1, 0.15) is 63.4 Å². The zero-order valence-electron chi connectivity index (χ0n) is 18.0. The molecule has 2 aromatic rings. The number of hydrogen-bond acceptors (Lipinski definition) is 4. The lowest BCUT2D eigenvalue weighted by atomic mass is 9.86. The van der Waals surface area contributed by atoms with E-state index in [1.807, 2.05) is 31.2 Å². The average Bonchev–Trinajstić information content (AvgIpc) is 2.68. The molecule has 0 aliphatic heterocycles. The van der Waals surface area contributed by atoms with Gasteiger partial charge in [0, 0.05) is 5.69 Å². The highest BCUT2D eigenvalue weighted by Crippen LogP contribution is 2.31. The van der Waals surface area contributed by atoms with Crippen molar-refractivity contribution in [2.24, 2.45) is 0 Å². The predicted molar refractivity (Wildman–Crippen MR) is 115 cm³/mol. The van der Waals surface area contributed by atoms with Gasteiger partial charge < -0.3 is 14.8 Å². The number of amides is 1. The molecular formula is C24H31NO4. The Kier molecular flexibility index (Phi) is 7.82. The number of carbonyl (C=O) groups excluding carboxylic acids is 2. The molecule has 2 aromatic carbocycles. The minimum absolute atomic E-state index is 0.0980. The van der Waals surface area contributed by atoms with Crippen LogP contribution in [0, 0.1) is 0 Å². The molecule has 0 aliphatic rings. The van der Waals surface area contributed by atoms with Crippen LogP contribution in [0.25, 0.3) is 0 Å². The van der Waals surface area contributed by atoms with Crippen molar-refractivity contribution in [1.82, 2.24) is 0 Å². The number of nitrogens with one attached hydrogen (secondary N) is 1. The number of carbonyl (C=O) groups is 2. The summed E-state index contributed by atoms with van der Waals surface area (Å²) < 4.78 is 11.2. The Morgan fingerprint density at radius 1 is 1.07 bits per heavy atom. The molecule has 1 N–H and O–H groups in total. The highest BCUT2D eigenvalue weighted by Gasteiger charge is 2.22. The second-order valence-electron chi connectivity index (χ2n) is 8.07. The summed E-state index contributed by atoms with van der Waals surface area (Å²) in [6, 6.07) is 14.5. The van der Waals surface area contributed by atoms with Crippen molar-refractivity contribution in [2.75, 3.05) is 11.9 Å². The zero-order chi connectivity index (χ0) is 21.4. The Hall–Kier alpha value is -2.82. The van der Waals surface area contributed by atoms with Crippen LogP contribution in [0.3, 0.4) is 0 Å². The molecule has 5 heteroatoms. The molecule has 0 spiro atoms. The molecule has 0 aliphatic carbocycles. The van der Waals surface area contributed by atoms with Gasteiger partial charge in [0.2, 0.25) is 0 Å². The largest absolute Gasteiger partial charge is 0.481 e. The zero-order valence-corrected chi connectivity index (χ0v) is 18.0. The number of esters is 1. The molecule has 29 heavy (non-hydrogen) atoms. The Morgan fingerprint density at radius 3 is 2.48 bits per heavy atom. The van der Waals surface area contributed by atoms with Gasteiger partial charge in [0.05, 0.1) is 12.2 Å². The summed E-state index contributed by atoms with van der Waals surface area (Å²) in [6.45, 7) is 10.4. The number of rotatable bonds is 8. The molecule has 0 aromatic heterocycles. The first-order chi connectivity index (χ1) is 13.7. The number of unbranched alkanes of at least 4 members (excludes halogenated alkanes) is 1. The van der Waals surface area contributed by atoms with Gasteiger partial charge in [-0.05, 0) is 48.6 Å². The summed E-state index contributed by atoms with van der Waals surface area (Å²) in [5.41, 5.74) is 1.88. The third kappa shape index (κ3) is 6.63. The number of benzene rings is 2. The van der Waals surface area contributed by atoms with E-state index in [0.29, 0.717) is 23.6 Å². The van der Waals surface area contributed by atoms with Gasteiger partial charge in [0.25, 0.3) is 5.91 Å². The van der Waals surface area contributed by atoms with E-state index >= 15 is 0 Å². The fourth-order valence-electron chi connectivity index (χ4n) is 2.79. The normalized spacial score (nSPS) is 12.2. The van der Waals surface area contributed by atoms with Gasteiger partial charge in [-0.25, -0.2) is 4.79 Å². The third-order valence-corrected chi connectivity index (χ3v) is 4.46. The van der Waals surface area contributed by atoms with E-state index in [9.17, 15) is 9.59 Å². The SMILES string of the molecule is CCCCOC(=O)c1cccc(NC(=O)C(C)Oc2ccccc2C(C)(C)C)c1. The Bertz CT molecular complexity index is 839. The lowest BCUT2D eigenvalue weighted by molar-refractivity contribution is -0.122. The van der Waals surface area contributed by atoms with Gasteiger partial charge in [-0.3, -0.25) is 4.79 Å². The van der Waals surface area contributed by atoms with E-state index in [4.69, 9.17) is 9.47 Å². The molecule has 156 valence electrons. The molecule has 1 atom stereocenters. The first-order valence-corrected chi connectivity index (χ1v) is 10.1. The van der Waals surface area contributed by atoms with Crippen molar-refractivity contribution < 1.29 is 19.1 Å². The molecule has 2 rings (SSSR count). The minimum atomic E-state index is -0.696. The summed E-state index contributed by atoms with van der Waals surface area (Å²) in [4.78, 5) is 24.7. The van der Waals surface area contributed by atoms with Gasteiger partial charge >= 0.3 is 5.97 Å². The number of hydrogen-bond donors (Lipinski definition) is 1. The predicted octanol–water partition coefficient (Wildman–Crippen LogP) is 5.35. The topological polar surface area (TPSA) is 64.6 Å². The van der Waals surface area contributed by atoms with Crippen molar-refractivity contribution in [3.8, 4) is 5.75 Å². The minimum Gasteiger partial charge on any atom is -0.481 e. The van der Waals surface area contributed by atoms with E-state index in [0.717, 1.165) is 18.4 Å². The molecule has 0 saturated heterocycles. The Morgan fingerprint density at radius 2 is 1.79 bits per heavy atom. The van der Waals surface area contributed by atoms with Crippen molar-refractivity contribution in [3.63, 3.8) is 0 Å². The van der Waals surface area contributed by atoms with Crippen LogP contribution < -0.4 is 10.1 Å². The van der Waals surface area contributed by atoms with Crippen molar-refractivity contribution in [2.45, 2.75) is 59.0 Å². The fraction of sp³-hybridized carbons (Fsp3) is 0.417. The van der Waals surface area contributed by atoms with Gasteiger partial charge in [0.1, 0.15) is 5.75 Å². The van der Waals surface area contributed by atoms with E-state index in [-0.39, 0.29) is 11.3 Å². The van der Waals surface area contributed by atoms with Gasteiger partial charge in [-0.15, -0.1) is 0 Å². The summed E-state index contributed by atoms with van der Waals surface area (Å²) in [6.07, 6.45) is 1.09. The van der Waals surface area contributed by atoms with Crippen molar-refractivity contribution in [3.05, 3.63) is 59.7 Å². The molecule has 0 bridgehead atoms. The maximum Gasteiger partial charge on any atom is 0.338 e. The molecule has 0 fully saturated rings. The van der Waals surface area contributed by atoms with Gasteiger partial charge in [0.15, 0.2) is 6.10 Å². The molecular weight excluding hydrogens is 366 g/mol. The summed E-state index contributed by atoms with van der Waals surface area (Å²) in [5, 5.41) is 2.81. The second kappa shape index (κ2) is 10.1. The summed E-state index contributed by atoms with van der Waals surface area (Å²) >= 11 is 0. The van der Waals surface area contributed by atoms with E-state index in [1.54, 1.807) is 31.2 Å². The second-order valence-corrected chi connectivity index (χ2v) is 8.07. The van der Waals surface area contributed by atoms with Crippen LogP contribution in [0.15, 0.2) is 48.5 Å². The van der Waals surface area contributed by atoms with Crippen LogP contribution in [0.4, 0.5) is 5.69 Å². The van der Waals surface area contributed by atoms with Gasteiger partial charge in [-0.1, -0.05) is 58.4 Å². The van der Waals surface area contributed by atoms with Crippen LogP contribution in [0.5, 0.6) is 5.75 Å². The standard InChI is InChI=1S/C24H31NO4/c1-6-7-15-28-23(27)18-11-10-12-19(16-18)25-22(26)17(2)29-21-14-9-8-13-20(21)24(3,4)5/h8-14,16-17H,6-7,15H2,1-5H3,(H,25,26). The van der Waals surface area contributed by atoms with Gasteiger partial charge in [-0.2, -0.15) is 0 Å². The maximum absolute atomic E-state index is 12.6. The summed E-state index contributed by atoms with van der Waals surface area (Å²) in [7, 11) is 0. The van der Waals surface area contributed by atoms with Crippen LogP contribution in [-0.4, -0.2) is 24.6 Å². The first kappa shape index (κ1) is 22.5. The lowest BCUT2D eigenvalue weighted by Crippen LogP contribution is -2.31. The fourth-order valence-corrected chi connectivity index (χ4v) is 2.79. The monoisotopic (exact) mass is 397 g/mol. The molecule has 0 saturated carbocycles. The Labute approximate surface area is 173 Å². The van der Waals surface area contributed by atoms with Crippen molar-refractivity contribution >= 4 is 17.6 Å². The van der Waals surface area contributed by atoms with Crippen LogP contribution in [0.2, 0.25) is 0 Å². The quantitative estimate of drug-likeness (QED) is 0.482. The molecule has 0 heterocycles. The molecule has 5 nitrogen and oxygen atoms in total. The van der Waals surface area contributed by atoms with Crippen LogP contribution in [-0.2, 0) is 14.9 Å². The molecule has 1 unspecified atom stereocenters. The number of ether oxygens (including phenoxy) is 2. The smallest absolute Gasteiger partial charge is 0.338 e. The summed E-state index contributed by atoms with van der Waals surface area (Å²) in [5.74, 6) is 0.0130. The molecule has 0 radical (unpaired) electrons. The molecule has 1 amide bonds. The third-order valence-electron chi connectivity index (χ3n) is 4.46. The maximum atomic E-state index is 12.6. The Balaban J connectivity index is 2.04. The van der Waals surface area contributed by atoms with E-state index in [2.05, 4.69) is 26.1 Å². The van der Waals surface area contributed by atoms with Crippen molar-refractivity contribution in [1.29, 1.82) is 0 Å². The highest BCUT2D eigenvalue weighted by molar-refractivity contribution is 5.96.